The SMILES string of the molecule is Cc1cccc2[c-]cccc12.[Y].[c-]1ccc2[nH]nnc2c1. The molecule has 0 aliphatic heterocycles. The Bertz CT molecular complexity index is 804. The second-order valence-corrected chi connectivity index (χ2v) is 4.46. The molecule has 4 heteroatoms. The van der Waals surface area contributed by atoms with E-state index in [1.807, 2.05) is 24.3 Å². The molecule has 1 aromatic heterocycles. The van der Waals surface area contributed by atoms with Gasteiger partial charge in [-0.15, -0.1) is 59.3 Å². The molecule has 0 spiro atoms. The molecule has 4 rings (SSSR count). The van der Waals surface area contributed by atoms with Gasteiger partial charge in [0.1, 0.15) is 0 Å². The van der Waals surface area contributed by atoms with Gasteiger partial charge < -0.3 is 0 Å². The number of hydrogen-bond acceptors (Lipinski definition) is 2. The van der Waals surface area contributed by atoms with Crippen LogP contribution in [0.3, 0.4) is 0 Å². The fraction of sp³-hybridized carbons (Fsp3) is 0.0588. The predicted molar refractivity (Wildman–Crippen MR) is 80.2 cm³/mol. The predicted octanol–water partition coefficient (Wildman–Crippen LogP) is 3.70. The summed E-state index contributed by atoms with van der Waals surface area (Å²) in [7, 11) is 0. The van der Waals surface area contributed by atoms with Gasteiger partial charge in [0, 0.05) is 38.2 Å². The van der Waals surface area contributed by atoms with Crippen LogP contribution in [0.5, 0.6) is 0 Å². The van der Waals surface area contributed by atoms with E-state index in [1.165, 1.54) is 16.3 Å². The second-order valence-electron chi connectivity index (χ2n) is 4.46. The van der Waals surface area contributed by atoms with Crippen molar-refractivity contribution in [1.29, 1.82) is 0 Å². The molecular formula is C17H13N3Y-2. The van der Waals surface area contributed by atoms with Gasteiger partial charge in [0.2, 0.25) is 0 Å². The van der Waals surface area contributed by atoms with Crippen molar-refractivity contribution < 1.29 is 32.7 Å². The van der Waals surface area contributed by atoms with Crippen molar-refractivity contribution in [1.82, 2.24) is 15.4 Å². The zero-order chi connectivity index (χ0) is 13.8. The van der Waals surface area contributed by atoms with Crippen molar-refractivity contribution >= 4 is 21.8 Å². The monoisotopic (exact) mass is 348 g/mol. The number of benzene rings is 3. The van der Waals surface area contributed by atoms with E-state index in [9.17, 15) is 0 Å². The first kappa shape index (κ1) is 15.8. The third-order valence-electron chi connectivity index (χ3n) is 3.09. The Labute approximate surface area is 148 Å². The Balaban J connectivity index is 0.000000149. The van der Waals surface area contributed by atoms with E-state index in [2.05, 4.69) is 58.7 Å². The van der Waals surface area contributed by atoms with Crippen molar-refractivity contribution in [3.63, 3.8) is 0 Å². The molecule has 0 atom stereocenters. The molecule has 3 aromatic carbocycles. The maximum Gasteiger partial charge on any atom is 0.00107 e. The molecule has 1 heterocycles. The van der Waals surface area contributed by atoms with Crippen molar-refractivity contribution in [3.8, 4) is 0 Å². The third kappa shape index (κ3) is 3.75. The minimum absolute atomic E-state index is 0. The fourth-order valence-corrected chi connectivity index (χ4v) is 2.04. The fourth-order valence-electron chi connectivity index (χ4n) is 2.04. The molecule has 0 aliphatic rings. The zero-order valence-corrected chi connectivity index (χ0v) is 14.5. The first-order chi connectivity index (χ1) is 9.84. The molecule has 4 aromatic rings. The van der Waals surface area contributed by atoms with Crippen LogP contribution >= 0.6 is 0 Å². The maximum absolute atomic E-state index is 3.78. The van der Waals surface area contributed by atoms with Crippen LogP contribution in [0.4, 0.5) is 0 Å². The van der Waals surface area contributed by atoms with Crippen LogP contribution in [0.1, 0.15) is 5.56 Å². The van der Waals surface area contributed by atoms with Gasteiger partial charge in [-0.1, -0.05) is 16.8 Å². The maximum atomic E-state index is 3.78. The minimum Gasteiger partial charge on any atom is -0.283 e. The van der Waals surface area contributed by atoms with Crippen LogP contribution in [-0.2, 0) is 32.7 Å². The zero-order valence-electron chi connectivity index (χ0n) is 11.7. The Morgan fingerprint density at radius 2 is 1.95 bits per heavy atom. The summed E-state index contributed by atoms with van der Waals surface area (Å²) in [6, 6.07) is 24.0. The van der Waals surface area contributed by atoms with E-state index < -0.39 is 0 Å². The summed E-state index contributed by atoms with van der Waals surface area (Å²) in [4.78, 5) is 0. The van der Waals surface area contributed by atoms with Crippen LogP contribution in [0.15, 0.2) is 54.6 Å². The molecule has 0 saturated carbocycles. The van der Waals surface area contributed by atoms with Crippen LogP contribution in [-0.4, -0.2) is 15.4 Å². The quantitative estimate of drug-likeness (QED) is 0.492. The van der Waals surface area contributed by atoms with Crippen molar-refractivity contribution in [3.05, 3.63) is 72.3 Å². The average molecular weight is 348 g/mol. The Morgan fingerprint density at radius 1 is 1.05 bits per heavy atom. The van der Waals surface area contributed by atoms with Gasteiger partial charge in [0.15, 0.2) is 0 Å². The van der Waals surface area contributed by atoms with E-state index in [1.54, 1.807) is 6.07 Å². The van der Waals surface area contributed by atoms with Gasteiger partial charge in [-0.2, -0.15) is 17.2 Å². The molecular weight excluding hydrogens is 335 g/mol. The number of H-pyrrole nitrogens is 1. The van der Waals surface area contributed by atoms with E-state index in [4.69, 9.17) is 0 Å². The van der Waals surface area contributed by atoms with Gasteiger partial charge in [0.25, 0.3) is 0 Å². The minimum atomic E-state index is 0. The van der Waals surface area contributed by atoms with E-state index in [0.29, 0.717) is 0 Å². The van der Waals surface area contributed by atoms with E-state index >= 15 is 0 Å². The summed E-state index contributed by atoms with van der Waals surface area (Å²) >= 11 is 0. The summed E-state index contributed by atoms with van der Waals surface area (Å²) in [5.41, 5.74) is 3.13. The second kappa shape index (κ2) is 7.44. The number of nitrogens with one attached hydrogen (secondary N) is 1. The Hall–Kier alpha value is -1.58. The van der Waals surface area contributed by atoms with Crippen molar-refractivity contribution in [2.75, 3.05) is 0 Å². The molecule has 0 aliphatic carbocycles. The number of fused-ring (bicyclic) bond motifs is 2. The van der Waals surface area contributed by atoms with E-state index in [-0.39, 0.29) is 32.7 Å². The summed E-state index contributed by atoms with van der Waals surface area (Å²) in [5.74, 6) is 0. The molecule has 101 valence electrons. The molecule has 21 heavy (non-hydrogen) atoms. The summed E-state index contributed by atoms with van der Waals surface area (Å²) in [5, 5.41) is 12.6. The number of hydrogen-bond donors (Lipinski definition) is 1. The van der Waals surface area contributed by atoms with Crippen LogP contribution in [0.25, 0.3) is 21.8 Å². The molecule has 0 fully saturated rings. The van der Waals surface area contributed by atoms with Crippen LogP contribution in [0.2, 0.25) is 0 Å². The molecule has 0 bridgehead atoms. The first-order valence-corrected chi connectivity index (χ1v) is 6.37. The summed E-state index contributed by atoms with van der Waals surface area (Å²) in [6.45, 7) is 2.12. The number of aromatic nitrogens is 3. The smallest absolute Gasteiger partial charge is 0.00107 e. The largest absolute Gasteiger partial charge is 0.283 e. The van der Waals surface area contributed by atoms with Crippen molar-refractivity contribution in [2.24, 2.45) is 0 Å². The van der Waals surface area contributed by atoms with Gasteiger partial charge in [-0.25, -0.2) is 0 Å². The number of nitrogens with zero attached hydrogens (tertiary/aromatic N) is 2. The van der Waals surface area contributed by atoms with Gasteiger partial charge in [-0.3, -0.25) is 5.10 Å². The number of aryl methyl sites for hydroxylation is 1. The van der Waals surface area contributed by atoms with E-state index in [0.717, 1.165) is 11.0 Å². The summed E-state index contributed by atoms with van der Waals surface area (Å²) < 4.78 is 0. The molecule has 0 amide bonds. The van der Waals surface area contributed by atoms with Crippen LogP contribution < -0.4 is 0 Å². The van der Waals surface area contributed by atoms with Gasteiger partial charge >= 0.3 is 0 Å². The molecule has 3 nitrogen and oxygen atoms in total. The summed E-state index contributed by atoms with van der Waals surface area (Å²) in [6.07, 6.45) is 0. The topological polar surface area (TPSA) is 41.6 Å². The standard InChI is InChI=1S/C11H9.C6H4N3.Y/c1-9-5-4-7-10-6-2-3-8-11(9)10;1-2-4-6-5(3-1)7-9-8-6;/h2-5,7-8H,1H3;1,3-4H,(H,7,8,9);/q2*-1;. The Kier molecular flexibility index (Phi) is 5.60. The number of rotatable bonds is 0. The average Bonchev–Trinajstić information content (AvgIpc) is 2.97. The molecule has 0 unspecified atom stereocenters. The molecule has 0 saturated heterocycles. The first-order valence-electron chi connectivity index (χ1n) is 6.37. The van der Waals surface area contributed by atoms with Crippen LogP contribution in [0, 0.1) is 19.1 Å². The third-order valence-corrected chi connectivity index (χ3v) is 3.09. The van der Waals surface area contributed by atoms with Crippen molar-refractivity contribution in [2.45, 2.75) is 6.92 Å². The van der Waals surface area contributed by atoms with Gasteiger partial charge in [0.05, 0.1) is 0 Å². The van der Waals surface area contributed by atoms with Gasteiger partial charge in [-0.05, 0) is 12.4 Å². The normalized spacial score (nSPS) is 9.76. The molecule has 1 N–H and O–H groups in total. The Morgan fingerprint density at radius 3 is 2.76 bits per heavy atom. The number of aromatic amines is 1. The molecule has 1 radical (unpaired) electrons.